The second-order valence-corrected chi connectivity index (χ2v) is 7.78. The summed E-state index contributed by atoms with van der Waals surface area (Å²) in [4.78, 5) is 26.4. The number of carboxylic acids is 1. The minimum Gasteiger partial charge on any atom is -0.478 e. The molecule has 7 heteroatoms. The van der Waals surface area contributed by atoms with Crippen LogP contribution in [0.2, 0.25) is 0 Å². The number of benzene rings is 2. The topological polar surface area (TPSA) is 90.9 Å². The van der Waals surface area contributed by atoms with Gasteiger partial charge in [-0.2, -0.15) is 0 Å². The van der Waals surface area contributed by atoms with Crippen molar-refractivity contribution in [2.45, 2.75) is 31.4 Å². The number of anilines is 2. The molecule has 0 aromatic heterocycles. The fraction of sp³-hybridized carbons (Fsp3) is 0.391. The number of aromatic carboxylic acids is 1. The van der Waals surface area contributed by atoms with Crippen molar-refractivity contribution in [1.29, 1.82) is 0 Å². The maximum absolute atomic E-state index is 13.0. The van der Waals surface area contributed by atoms with Gasteiger partial charge in [-0.3, -0.25) is 4.79 Å². The van der Waals surface area contributed by atoms with Gasteiger partial charge in [-0.1, -0.05) is 12.1 Å². The number of carbonyl (C=O) groups excluding carboxylic acids is 1. The maximum atomic E-state index is 13.0. The summed E-state index contributed by atoms with van der Waals surface area (Å²) in [5.74, 6) is -1.13. The number of hydrogen-bond acceptors (Lipinski definition) is 5. The second-order valence-electron chi connectivity index (χ2n) is 7.78. The lowest BCUT2D eigenvalue weighted by atomic mass is 9.91. The number of fused-ring (bicyclic) bond motifs is 1. The fourth-order valence-electron chi connectivity index (χ4n) is 4.36. The van der Waals surface area contributed by atoms with Crippen molar-refractivity contribution in [1.82, 2.24) is 5.32 Å². The number of nitrogens with zero attached hydrogens (tertiary/aromatic N) is 1. The van der Waals surface area contributed by atoms with E-state index in [-0.39, 0.29) is 11.5 Å². The molecule has 2 aromatic rings. The second kappa shape index (κ2) is 8.85. The molecule has 3 N–H and O–H groups in total. The SMILES string of the molecule is COC1CCN(c2cccc3c2CCNC3C(=O)Nc2ccc(C(=O)O)cc2)CC1. The van der Waals surface area contributed by atoms with Gasteiger partial charge in [-0.25, -0.2) is 4.79 Å². The number of piperidine rings is 1. The Labute approximate surface area is 176 Å². The fourth-order valence-corrected chi connectivity index (χ4v) is 4.36. The normalized spacial score (nSPS) is 19.2. The highest BCUT2D eigenvalue weighted by Gasteiger charge is 2.29. The van der Waals surface area contributed by atoms with Crippen molar-refractivity contribution in [3.8, 4) is 0 Å². The molecule has 2 aliphatic heterocycles. The Morgan fingerprint density at radius 3 is 2.53 bits per heavy atom. The number of carboxylic acid groups (broad SMARTS) is 1. The predicted octanol–water partition coefficient (Wildman–Crippen LogP) is 2.83. The standard InChI is InChI=1S/C23H27N3O4/c1-30-17-10-13-26(14-11-17)20-4-2-3-19-18(20)9-12-24-21(19)22(27)25-16-7-5-15(6-8-16)23(28)29/h2-8,17,21,24H,9-14H2,1H3,(H,25,27)(H,28,29). The molecule has 2 heterocycles. The first kappa shape index (κ1) is 20.4. The lowest BCUT2D eigenvalue weighted by Crippen LogP contribution is -2.41. The lowest BCUT2D eigenvalue weighted by molar-refractivity contribution is -0.118. The van der Waals surface area contributed by atoms with E-state index in [1.54, 1.807) is 19.2 Å². The van der Waals surface area contributed by atoms with Gasteiger partial charge >= 0.3 is 5.97 Å². The van der Waals surface area contributed by atoms with Crippen LogP contribution >= 0.6 is 0 Å². The maximum Gasteiger partial charge on any atom is 0.335 e. The number of methoxy groups -OCH3 is 1. The average Bonchev–Trinajstić information content (AvgIpc) is 2.78. The van der Waals surface area contributed by atoms with Crippen molar-refractivity contribution >= 4 is 23.3 Å². The van der Waals surface area contributed by atoms with Gasteiger partial charge in [0.1, 0.15) is 6.04 Å². The van der Waals surface area contributed by atoms with E-state index < -0.39 is 12.0 Å². The quantitative estimate of drug-likeness (QED) is 0.704. The van der Waals surface area contributed by atoms with Crippen LogP contribution < -0.4 is 15.5 Å². The molecule has 1 fully saturated rings. The van der Waals surface area contributed by atoms with Crippen LogP contribution in [0.4, 0.5) is 11.4 Å². The third-order valence-corrected chi connectivity index (χ3v) is 6.00. The van der Waals surface area contributed by atoms with Gasteiger partial charge in [0.15, 0.2) is 0 Å². The molecule has 158 valence electrons. The van der Waals surface area contributed by atoms with Crippen LogP contribution in [0, 0.1) is 0 Å². The van der Waals surface area contributed by atoms with E-state index in [1.165, 1.54) is 23.4 Å². The molecule has 30 heavy (non-hydrogen) atoms. The average molecular weight is 409 g/mol. The summed E-state index contributed by atoms with van der Waals surface area (Å²) in [6.45, 7) is 2.64. The Morgan fingerprint density at radius 1 is 1.13 bits per heavy atom. The van der Waals surface area contributed by atoms with Crippen LogP contribution in [-0.2, 0) is 16.0 Å². The van der Waals surface area contributed by atoms with Crippen molar-refractivity contribution in [3.05, 3.63) is 59.2 Å². The largest absolute Gasteiger partial charge is 0.478 e. The molecule has 1 saturated heterocycles. The molecule has 0 aliphatic carbocycles. The summed E-state index contributed by atoms with van der Waals surface area (Å²) in [6.07, 6.45) is 3.23. The molecular weight excluding hydrogens is 382 g/mol. The Morgan fingerprint density at radius 2 is 1.87 bits per heavy atom. The Hall–Kier alpha value is -2.90. The molecule has 0 bridgehead atoms. The lowest BCUT2D eigenvalue weighted by Gasteiger charge is -2.36. The van der Waals surface area contributed by atoms with E-state index in [0.717, 1.165) is 44.5 Å². The molecular formula is C23H27N3O4. The highest BCUT2D eigenvalue weighted by atomic mass is 16.5. The van der Waals surface area contributed by atoms with Crippen molar-refractivity contribution in [2.24, 2.45) is 0 Å². The van der Waals surface area contributed by atoms with Gasteiger partial charge in [-0.15, -0.1) is 0 Å². The van der Waals surface area contributed by atoms with Gasteiger partial charge in [0.05, 0.1) is 11.7 Å². The first-order valence-corrected chi connectivity index (χ1v) is 10.3. The molecule has 0 spiro atoms. The van der Waals surface area contributed by atoms with E-state index in [9.17, 15) is 9.59 Å². The summed E-state index contributed by atoms with van der Waals surface area (Å²) >= 11 is 0. The van der Waals surface area contributed by atoms with Gasteiger partial charge in [0.25, 0.3) is 0 Å². The predicted molar refractivity (Wildman–Crippen MR) is 115 cm³/mol. The van der Waals surface area contributed by atoms with Gasteiger partial charge in [-0.05, 0) is 60.7 Å². The highest BCUT2D eigenvalue weighted by Crippen LogP contribution is 2.33. The molecule has 7 nitrogen and oxygen atoms in total. The van der Waals surface area contributed by atoms with Gasteiger partial charge < -0.3 is 25.4 Å². The number of rotatable bonds is 5. The number of carbonyl (C=O) groups is 2. The van der Waals surface area contributed by atoms with E-state index >= 15 is 0 Å². The zero-order valence-electron chi connectivity index (χ0n) is 17.1. The van der Waals surface area contributed by atoms with Crippen molar-refractivity contribution in [2.75, 3.05) is 37.0 Å². The minimum atomic E-state index is -0.988. The van der Waals surface area contributed by atoms with Gasteiger partial charge in [0, 0.05) is 38.1 Å². The smallest absolute Gasteiger partial charge is 0.335 e. The van der Waals surface area contributed by atoms with Crippen LogP contribution in [0.1, 0.15) is 40.4 Å². The van der Waals surface area contributed by atoms with Crippen molar-refractivity contribution < 1.29 is 19.4 Å². The molecule has 2 aliphatic rings. The van der Waals surface area contributed by atoms with Crippen LogP contribution in [0.3, 0.4) is 0 Å². The van der Waals surface area contributed by atoms with E-state index in [0.29, 0.717) is 11.8 Å². The summed E-state index contributed by atoms with van der Waals surface area (Å²) < 4.78 is 5.49. The number of ether oxygens (including phenoxy) is 1. The summed E-state index contributed by atoms with van der Waals surface area (Å²) in [7, 11) is 1.77. The third kappa shape index (κ3) is 4.17. The zero-order valence-corrected chi connectivity index (χ0v) is 17.1. The number of nitrogens with one attached hydrogen (secondary N) is 2. The van der Waals surface area contributed by atoms with Crippen LogP contribution in [0.5, 0.6) is 0 Å². The number of hydrogen-bond donors (Lipinski definition) is 3. The zero-order chi connectivity index (χ0) is 21.1. The molecule has 1 amide bonds. The van der Waals surface area contributed by atoms with E-state index in [2.05, 4.69) is 21.6 Å². The highest BCUT2D eigenvalue weighted by molar-refractivity contribution is 5.97. The van der Waals surface area contributed by atoms with Crippen LogP contribution in [0.15, 0.2) is 42.5 Å². The monoisotopic (exact) mass is 409 g/mol. The Balaban J connectivity index is 1.52. The molecule has 4 rings (SSSR count). The summed E-state index contributed by atoms with van der Waals surface area (Å²) in [6, 6.07) is 11.9. The van der Waals surface area contributed by atoms with Crippen LogP contribution in [0.25, 0.3) is 0 Å². The molecule has 1 atom stereocenters. The van der Waals surface area contributed by atoms with Crippen molar-refractivity contribution in [3.63, 3.8) is 0 Å². The van der Waals surface area contributed by atoms with Crippen LogP contribution in [-0.4, -0.2) is 49.8 Å². The first-order chi connectivity index (χ1) is 14.6. The summed E-state index contributed by atoms with van der Waals surface area (Å²) in [5, 5.41) is 15.3. The molecule has 2 aromatic carbocycles. The van der Waals surface area contributed by atoms with E-state index in [4.69, 9.17) is 9.84 Å². The Bertz CT molecular complexity index is 921. The first-order valence-electron chi connectivity index (χ1n) is 10.3. The molecule has 0 radical (unpaired) electrons. The molecule has 0 saturated carbocycles. The Kier molecular flexibility index (Phi) is 6.01. The summed E-state index contributed by atoms with van der Waals surface area (Å²) in [5.41, 5.74) is 4.22. The van der Waals surface area contributed by atoms with E-state index in [1.807, 2.05) is 12.1 Å². The number of amides is 1. The van der Waals surface area contributed by atoms with Gasteiger partial charge in [0.2, 0.25) is 5.91 Å². The minimum absolute atomic E-state index is 0.144. The molecule has 1 unspecified atom stereocenters. The third-order valence-electron chi connectivity index (χ3n) is 6.00.